The van der Waals surface area contributed by atoms with Gasteiger partial charge in [0.25, 0.3) is 0 Å². The number of Topliss-reactive ketones (excluding diaryl/α,β-unsaturated/α-hetero) is 2. The van der Waals surface area contributed by atoms with Crippen LogP contribution in [0.4, 0.5) is 0 Å². The molecule has 6 rings (SSSR count). The predicted molar refractivity (Wildman–Crippen MR) is 138 cm³/mol. The summed E-state index contributed by atoms with van der Waals surface area (Å²) < 4.78 is 11.6. The highest BCUT2D eigenvalue weighted by Gasteiger charge is 2.78. The van der Waals surface area contributed by atoms with E-state index in [-0.39, 0.29) is 34.2 Å². The molecule has 1 aromatic rings. The largest absolute Gasteiger partial charge is 0.459 e. The van der Waals surface area contributed by atoms with Crippen molar-refractivity contribution < 1.29 is 34.1 Å². The van der Waals surface area contributed by atoms with Gasteiger partial charge in [0, 0.05) is 22.8 Å². The van der Waals surface area contributed by atoms with Gasteiger partial charge in [-0.05, 0) is 48.8 Å². The van der Waals surface area contributed by atoms with Crippen LogP contribution in [-0.4, -0.2) is 67.4 Å². The van der Waals surface area contributed by atoms with Gasteiger partial charge in [0.1, 0.15) is 28.7 Å². The highest BCUT2D eigenvalue weighted by molar-refractivity contribution is 9.09. The van der Waals surface area contributed by atoms with E-state index in [2.05, 4.69) is 15.9 Å². The third kappa shape index (κ3) is 3.20. The molecule has 0 radical (unpaired) electrons. The lowest BCUT2D eigenvalue weighted by atomic mass is 9.51. The van der Waals surface area contributed by atoms with Gasteiger partial charge in [-0.2, -0.15) is 0 Å². The number of aliphatic hydroxyl groups is 2. The van der Waals surface area contributed by atoms with E-state index in [4.69, 9.17) is 32.7 Å². The van der Waals surface area contributed by atoms with E-state index in [1.807, 2.05) is 26.0 Å². The second kappa shape index (κ2) is 8.48. The lowest BCUT2D eigenvalue weighted by Gasteiger charge is -2.53. The van der Waals surface area contributed by atoms with E-state index >= 15 is 0 Å². The molecule has 7 nitrogen and oxygen atoms in total. The summed E-state index contributed by atoms with van der Waals surface area (Å²) in [6.07, 6.45) is -2.38. The van der Waals surface area contributed by atoms with Crippen molar-refractivity contribution in [1.82, 2.24) is 0 Å². The number of alkyl halides is 3. The summed E-state index contributed by atoms with van der Waals surface area (Å²) in [5, 5.41) is 21.7. The number of aliphatic hydroxyl groups excluding tert-OH is 2. The van der Waals surface area contributed by atoms with Crippen LogP contribution < -0.4 is 0 Å². The van der Waals surface area contributed by atoms with Crippen LogP contribution in [0.3, 0.4) is 0 Å². The zero-order valence-corrected chi connectivity index (χ0v) is 23.7. The number of ether oxygens (including phenoxy) is 2. The van der Waals surface area contributed by atoms with E-state index in [0.717, 1.165) is 5.56 Å². The highest BCUT2D eigenvalue weighted by atomic mass is 79.9. The number of hydrogen-bond donors (Lipinski definition) is 2. The number of esters is 1. The number of carbonyl (C=O) groups is 3. The summed E-state index contributed by atoms with van der Waals surface area (Å²) in [5.74, 6) is -2.48. The molecule has 2 aliphatic carbocycles. The third-order valence-electron chi connectivity index (χ3n) is 9.89. The summed E-state index contributed by atoms with van der Waals surface area (Å²) in [6.45, 7) is 5.52. The Balaban J connectivity index is 1.40. The average Bonchev–Trinajstić information content (AvgIpc) is 3.50. The van der Waals surface area contributed by atoms with Gasteiger partial charge in [0.2, 0.25) is 0 Å². The smallest absolute Gasteiger partial charge is 0.309 e. The first-order valence-electron chi connectivity index (χ1n) is 12.7. The van der Waals surface area contributed by atoms with Crippen molar-refractivity contribution in [1.29, 1.82) is 0 Å². The van der Waals surface area contributed by atoms with Crippen LogP contribution in [-0.2, 0) is 19.1 Å². The Bertz CT molecular complexity index is 1220. The molecule has 3 heterocycles. The van der Waals surface area contributed by atoms with Gasteiger partial charge in [-0.15, -0.1) is 23.2 Å². The van der Waals surface area contributed by atoms with Gasteiger partial charge in [0.15, 0.2) is 11.6 Å². The van der Waals surface area contributed by atoms with Gasteiger partial charge in [-0.1, -0.05) is 41.9 Å². The third-order valence-corrected chi connectivity index (χ3v) is 11.5. The van der Waals surface area contributed by atoms with Gasteiger partial charge in [0.05, 0.1) is 16.8 Å². The number of halogens is 3. The van der Waals surface area contributed by atoms with Crippen LogP contribution in [0.1, 0.15) is 72.0 Å². The molecule has 1 aromatic carbocycles. The first-order chi connectivity index (χ1) is 17.3. The van der Waals surface area contributed by atoms with Crippen LogP contribution in [0, 0.1) is 24.2 Å². The van der Waals surface area contributed by atoms with Crippen LogP contribution in [0.25, 0.3) is 0 Å². The molecule has 10 heteroatoms. The number of cyclic esters (lactones) is 1. The number of benzene rings is 1. The topological polar surface area (TPSA) is 110 Å². The van der Waals surface area contributed by atoms with E-state index in [0.29, 0.717) is 36.0 Å². The Morgan fingerprint density at radius 2 is 1.89 bits per heavy atom. The summed E-state index contributed by atoms with van der Waals surface area (Å²) in [5.41, 5.74) is 0.777. The van der Waals surface area contributed by atoms with Gasteiger partial charge in [-0.3, -0.25) is 14.4 Å². The van der Waals surface area contributed by atoms with E-state index in [1.165, 1.54) is 0 Å². The molecule has 0 aromatic heterocycles. The molecule has 37 heavy (non-hydrogen) atoms. The monoisotopic (exact) mass is 614 g/mol. The minimum atomic E-state index is -1.24. The second-order valence-corrected chi connectivity index (χ2v) is 14.0. The molecule has 1 spiro atoms. The Labute approximate surface area is 233 Å². The lowest BCUT2D eigenvalue weighted by molar-refractivity contribution is -0.150. The highest BCUT2D eigenvalue weighted by Crippen LogP contribution is 2.69. The maximum absolute atomic E-state index is 14.2. The fourth-order valence-electron chi connectivity index (χ4n) is 8.15. The summed E-state index contributed by atoms with van der Waals surface area (Å²) in [7, 11) is 0. The van der Waals surface area contributed by atoms with Crippen molar-refractivity contribution >= 4 is 56.7 Å². The molecule has 2 bridgehead atoms. The first kappa shape index (κ1) is 26.2. The minimum Gasteiger partial charge on any atom is -0.459 e. The molecule has 2 N–H and O–H groups in total. The summed E-state index contributed by atoms with van der Waals surface area (Å²) >= 11 is 16.5. The van der Waals surface area contributed by atoms with Crippen molar-refractivity contribution in [3.63, 3.8) is 0 Å². The van der Waals surface area contributed by atoms with E-state index in [1.54, 1.807) is 6.92 Å². The number of carbonyl (C=O) groups excluding carboxylic acids is 3. The lowest BCUT2D eigenvalue weighted by Crippen LogP contribution is -2.65. The molecule has 11 unspecified atom stereocenters. The normalized spacial score (nSPS) is 43.6. The van der Waals surface area contributed by atoms with Crippen molar-refractivity contribution in [2.45, 2.75) is 91.5 Å². The van der Waals surface area contributed by atoms with Gasteiger partial charge in [-0.25, -0.2) is 0 Å². The maximum Gasteiger partial charge on any atom is 0.309 e. The van der Waals surface area contributed by atoms with Crippen molar-refractivity contribution in [3.8, 4) is 0 Å². The van der Waals surface area contributed by atoms with Crippen LogP contribution in [0.5, 0.6) is 0 Å². The molecule has 1 saturated carbocycles. The Morgan fingerprint density at radius 1 is 1.19 bits per heavy atom. The number of rotatable bonds is 4. The zero-order chi connectivity index (χ0) is 26.8. The zero-order valence-electron chi connectivity index (χ0n) is 20.6. The van der Waals surface area contributed by atoms with Gasteiger partial charge < -0.3 is 19.7 Å². The standard InChI is InChI=1S/C27H29BrCl2O7/c1-9-6-14(36-25(9)35)20(31)18(24(29)30)11-4-5-12-13-7-16(28)27-23(34)21(32)15(37-27)8-26(27,3)19(13)22(33)17(12)10(11)2/h4-5,9,13-16,18-21,24,31-32H,6-8H2,1-3H3. The maximum atomic E-state index is 14.2. The number of hydrogen-bond acceptors (Lipinski definition) is 7. The van der Waals surface area contributed by atoms with Crippen LogP contribution in [0.15, 0.2) is 12.1 Å². The number of fused-ring (bicyclic) bond motifs is 5. The second-order valence-electron chi connectivity index (χ2n) is 11.7. The van der Waals surface area contributed by atoms with Crippen molar-refractivity contribution in [2.24, 2.45) is 17.3 Å². The van der Waals surface area contributed by atoms with Crippen molar-refractivity contribution in [2.75, 3.05) is 0 Å². The average molecular weight is 616 g/mol. The molecule has 0 amide bonds. The molecule has 5 aliphatic rings. The SMILES string of the molecule is Cc1c(C(C(Cl)Cl)C(O)C2CC(C)C(=O)O2)ccc2c1C(=O)C1C2CC(Br)C23OC(CC12C)C(O)C3=O. The van der Waals surface area contributed by atoms with Crippen LogP contribution in [0.2, 0.25) is 0 Å². The van der Waals surface area contributed by atoms with Crippen molar-refractivity contribution in [3.05, 3.63) is 34.4 Å². The molecule has 3 aliphatic heterocycles. The molecular formula is C27H29BrCl2O7. The van der Waals surface area contributed by atoms with Crippen LogP contribution >= 0.6 is 39.1 Å². The quantitative estimate of drug-likeness (QED) is 0.392. The molecule has 4 fully saturated rings. The number of ketones is 2. The molecule has 3 saturated heterocycles. The minimum absolute atomic E-state index is 0.0612. The molecular weight excluding hydrogens is 587 g/mol. The van der Waals surface area contributed by atoms with Gasteiger partial charge >= 0.3 is 5.97 Å². The Morgan fingerprint density at radius 3 is 2.49 bits per heavy atom. The van der Waals surface area contributed by atoms with E-state index in [9.17, 15) is 24.6 Å². The fraction of sp³-hybridized carbons (Fsp3) is 0.667. The summed E-state index contributed by atoms with van der Waals surface area (Å²) in [6, 6.07) is 3.77. The van der Waals surface area contributed by atoms with E-state index < -0.39 is 52.1 Å². The fourth-order valence-corrected chi connectivity index (χ4v) is 9.98. The Kier molecular flexibility index (Phi) is 6.01. The molecule has 200 valence electrons. The Hall–Kier alpha value is -1.03. The first-order valence-corrected chi connectivity index (χ1v) is 14.5. The predicted octanol–water partition coefficient (Wildman–Crippen LogP) is 3.74. The molecule has 11 atom stereocenters. The summed E-state index contributed by atoms with van der Waals surface area (Å²) in [4.78, 5) is 38.0.